The van der Waals surface area contributed by atoms with Crippen molar-refractivity contribution in [1.29, 1.82) is 0 Å². The lowest BCUT2D eigenvalue weighted by molar-refractivity contribution is -0.384. The molecule has 1 atom stereocenters. The maximum absolute atomic E-state index is 11.5. The van der Waals surface area contributed by atoms with Gasteiger partial charge in [-0.25, -0.2) is 9.59 Å². The molecule has 0 aliphatic rings. The minimum absolute atomic E-state index is 0.0526. The topological polar surface area (TPSA) is 122 Å². The van der Waals surface area contributed by atoms with Crippen LogP contribution >= 0.6 is 0 Å². The number of rotatable bonds is 6. The van der Waals surface area contributed by atoms with Crippen LogP contribution in [0.1, 0.15) is 12.0 Å². The Balaban J connectivity index is 2.51. The van der Waals surface area contributed by atoms with Gasteiger partial charge in [0.25, 0.3) is 5.69 Å². The molecule has 0 heterocycles. The molecule has 0 radical (unpaired) electrons. The Kier molecular flexibility index (Phi) is 5.70. The van der Waals surface area contributed by atoms with Crippen molar-refractivity contribution >= 4 is 17.7 Å². The zero-order chi connectivity index (χ0) is 15.8. The van der Waals surface area contributed by atoms with E-state index in [0.29, 0.717) is 5.56 Å². The Bertz CT molecular complexity index is 576. The lowest BCUT2D eigenvalue weighted by Crippen LogP contribution is -2.45. The summed E-state index contributed by atoms with van der Waals surface area (Å²) in [5, 5.41) is 24.0. The summed E-state index contributed by atoms with van der Waals surface area (Å²) >= 11 is 0. The van der Waals surface area contributed by atoms with Gasteiger partial charge in [-0.3, -0.25) is 10.1 Å². The van der Waals surface area contributed by atoms with E-state index in [2.05, 4.69) is 16.6 Å². The quantitative estimate of drug-likeness (QED) is 0.408. The van der Waals surface area contributed by atoms with E-state index in [1.807, 2.05) is 0 Å². The van der Waals surface area contributed by atoms with E-state index < -0.39 is 23.0 Å². The predicted molar refractivity (Wildman–Crippen MR) is 73.3 cm³/mol. The monoisotopic (exact) mass is 291 g/mol. The van der Waals surface area contributed by atoms with Gasteiger partial charge in [-0.05, 0) is 5.56 Å². The third kappa shape index (κ3) is 5.20. The highest BCUT2D eigenvalue weighted by atomic mass is 16.6. The number of hydrogen-bond acceptors (Lipinski definition) is 4. The van der Waals surface area contributed by atoms with Crippen LogP contribution in [0, 0.1) is 22.5 Å². The largest absolute Gasteiger partial charge is 0.480 e. The zero-order valence-corrected chi connectivity index (χ0v) is 10.9. The molecule has 1 unspecified atom stereocenters. The van der Waals surface area contributed by atoms with E-state index in [0.717, 1.165) is 0 Å². The SMILES string of the molecule is C#CCC(NC(=O)NCc1ccc([N+](=O)[O-])cc1)C(=O)O. The third-order valence-electron chi connectivity index (χ3n) is 2.53. The number of nitro groups is 1. The number of terminal acetylenes is 1. The fourth-order valence-electron chi connectivity index (χ4n) is 1.45. The lowest BCUT2D eigenvalue weighted by Gasteiger charge is -2.12. The summed E-state index contributed by atoms with van der Waals surface area (Å²) in [5.74, 6) is 0.934. The maximum Gasteiger partial charge on any atom is 0.327 e. The Morgan fingerprint density at radius 3 is 2.48 bits per heavy atom. The van der Waals surface area contributed by atoms with Crippen LogP contribution in [0.25, 0.3) is 0 Å². The first kappa shape index (κ1) is 16.0. The highest BCUT2D eigenvalue weighted by Crippen LogP contribution is 2.11. The molecule has 0 fully saturated rings. The second-order valence-corrected chi connectivity index (χ2v) is 4.05. The van der Waals surface area contributed by atoms with Crippen molar-refractivity contribution in [2.75, 3.05) is 0 Å². The average molecular weight is 291 g/mol. The summed E-state index contributed by atoms with van der Waals surface area (Å²) in [7, 11) is 0. The number of nitrogens with zero attached hydrogens (tertiary/aromatic N) is 1. The van der Waals surface area contributed by atoms with Crippen molar-refractivity contribution in [3.63, 3.8) is 0 Å². The van der Waals surface area contributed by atoms with Crippen molar-refractivity contribution in [2.24, 2.45) is 0 Å². The van der Waals surface area contributed by atoms with E-state index in [-0.39, 0.29) is 18.7 Å². The number of urea groups is 1. The molecule has 21 heavy (non-hydrogen) atoms. The molecule has 110 valence electrons. The molecule has 2 amide bonds. The molecule has 3 N–H and O–H groups in total. The predicted octanol–water partition coefficient (Wildman–Crippen LogP) is 0.870. The minimum Gasteiger partial charge on any atom is -0.480 e. The highest BCUT2D eigenvalue weighted by molar-refractivity contribution is 5.82. The van der Waals surface area contributed by atoms with Gasteiger partial charge in [0.1, 0.15) is 6.04 Å². The highest BCUT2D eigenvalue weighted by Gasteiger charge is 2.18. The lowest BCUT2D eigenvalue weighted by atomic mass is 10.2. The Labute approximate surface area is 120 Å². The number of benzene rings is 1. The van der Waals surface area contributed by atoms with Crippen molar-refractivity contribution in [3.05, 3.63) is 39.9 Å². The van der Waals surface area contributed by atoms with Gasteiger partial charge in [-0.1, -0.05) is 12.1 Å². The molecule has 0 bridgehead atoms. The molecule has 1 rings (SSSR count). The molecule has 0 aliphatic heterocycles. The molecule has 0 aliphatic carbocycles. The van der Waals surface area contributed by atoms with Crippen LogP contribution in [0.3, 0.4) is 0 Å². The number of hydrogen-bond donors (Lipinski definition) is 3. The number of carboxylic acids is 1. The van der Waals surface area contributed by atoms with Gasteiger partial charge in [0, 0.05) is 25.1 Å². The van der Waals surface area contributed by atoms with Gasteiger partial charge in [0.2, 0.25) is 0 Å². The molecule has 1 aromatic carbocycles. The Hall–Kier alpha value is -3.08. The van der Waals surface area contributed by atoms with Crippen molar-refractivity contribution in [3.8, 4) is 12.3 Å². The summed E-state index contributed by atoms with van der Waals surface area (Å²) in [6, 6.07) is 3.77. The number of nitro benzene ring substituents is 1. The number of nitrogens with one attached hydrogen (secondary N) is 2. The minimum atomic E-state index is -1.22. The fraction of sp³-hybridized carbons (Fsp3) is 0.231. The van der Waals surface area contributed by atoms with Crippen molar-refractivity contribution in [1.82, 2.24) is 10.6 Å². The van der Waals surface area contributed by atoms with E-state index in [1.54, 1.807) is 0 Å². The zero-order valence-electron chi connectivity index (χ0n) is 10.9. The van der Waals surface area contributed by atoms with Gasteiger partial charge in [0.15, 0.2) is 0 Å². The van der Waals surface area contributed by atoms with Gasteiger partial charge < -0.3 is 15.7 Å². The molecule has 0 spiro atoms. The van der Waals surface area contributed by atoms with Gasteiger partial charge in [0.05, 0.1) is 4.92 Å². The van der Waals surface area contributed by atoms with Crippen molar-refractivity contribution in [2.45, 2.75) is 19.0 Å². The number of carboxylic acid groups (broad SMARTS) is 1. The van der Waals surface area contributed by atoms with Gasteiger partial charge in [-0.2, -0.15) is 0 Å². The molecule has 8 nitrogen and oxygen atoms in total. The van der Waals surface area contributed by atoms with E-state index in [9.17, 15) is 19.7 Å². The number of aliphatic carboxylic acids is 1. The first-order valence-electron chi connectivity index (χ1n) is 5.88. The molecule has 1 aromatic rings. The number of carbonyl (C=O) groups is 2. The van der Waals surface area contributed by atoms with Crippen LogP contribution < -0.4 is 10.6 Å². The molecule has 8 heteroatoms. The first-order chi connectivity index (χ1) is 9.93. The van der Waals surface area contributed by atoms with Crippen LogP contribution in [-0.4, -0.2) is 28.1 Å². The van der Waals surface area contributed by atoms with Crippen LogP contribution in [0.2, 0.25) is 0 Å². The van der Waals surface area contributed by atoms with Crippen LogP contribution in [0.15, 0.2) is 24.3 Å². The van der Waals surface area contributed by atoms with Crippen LogP contribution in [0.4, 0.5) is 10.5 Å². The molecular formula is C13H13N3O5. The van der Waals surface area contributed by atoms with Crippen LogP contribution in [0.5, 0.6) is 0 Å². The smallest absolute Gasteiger partial charge is 0.327 e. The second-order valence-electron chi connectivity index (χ2n) is 4.05. The molecular weight excluding hydrogens is 278 g/mol. The maximum atomic E-state index is 11.5. The Morgan fingerprint density at radius 2 is 2.00 bits per heavy atom. The average Bonchev–Trinajstić information content (AvgIpc) is 2.45. The Morgan fingerprint density at radius 1 is 1.38 bits per heavy atom. The summed E-state index contributed by atoms with van der Waals surface area (Å²) in [6.45, 7) is 0.103. The number of amides is 2. The number of carbonyl (C=O) groups excluding carboxylic acids is 1. The van der Waals surface area contributed by atoms with Gasteiger partial charge in [-0.15, -0.1) is 12.3 Å². The second kappa shape index (κ2) is 7.49. The fourth-order valence-corrected chi connectivity index (χ4v) is 1.45. The van der Waals surface area contributed by atoms with E-state index in [1.165, 1.54) is 24.3 Å². The molecule has 0 saturated carbocycles. The summed E-state index contributed by atoms with van der Waals surface area (Å²) < 4.78 is 0. The van der Waals surface area contributed by atoms with Crippen LogP contribution in [-0.2, 0) is 11.3 Å². The molecule has 0 saturated heterocycles. The number of non-ortho nitro benzene ring substituents is 1. The van der Waals surface area contributed by atoms with Gasteiger partial charge >= 0.3 is 12.0 Å². The standard InChI is InChI=1S/C13H13N3O5/c1-2-3-11(12(17)18)15-13(19)14-8-9-4-6-10(7-5-9)16(20)21/h1,4-7,11H,3,8H2,(H,17,18)(H2,14,15,19). The first-order valence-corrected chi connectivity index (χ1v) is 5.88. The molecule has 0 aromatic heterocycles. The van der Waals surface area contributed by atoms with E-state index in [4.69, 9.17) is 11.5 Å². The summed E-state index contributed by atoms with van der Waals surface area (Å²) in [6.07, 6.45) is 4.88. The third-order valence-corrected chi connectivity index (χ3v) is 2.53. The summed E-state index contributed by atoms with van der Waals surface area (Å²) in [4.78, 5) is 32.3. The normalized spacial score (nSPS) is 11.0. The summed E-state index contributed by atoms with van der Waals surface area (Å²) in [5.41, 5.74) is 0.586. The van der Waals surface area contributed by atoms with E-state index >= 15 is 0 Å². The van der Waals surface area contributed by atoms with Crippen molar-refractivity contribution < 1.29 is 19.6 Å².